The maximum atomic E-state index is 12.2. The predicted molar refractivity (Wildman–Crippen MR) is 246 cm³/mol. The van der Waals surface area contributed by atoms with Crippen LogP contribution >= 0.6 is 0 Å². The zero-order chi connectivity index (χ0) is 41.4. The molecular formula is C52H90O5. The van der Waals surface area contributed by atoms with Crippen LogP contribution in [0.3, 0.4) is 0 Å². The van der Waals surface area contributed by atoms with Gasteiger partial charge in [0.2, 0.25) is 0 Å². The Kier molecular flexibility index (Phi) is 45.5. The quantitative estimate of drug-likeness (QED) is 0.0378. The van der Waals surface area contributed by atoms with E-state index in [1.807, 2.05) is 0 Å². The first-order chi connectivity index (χ1) is 28.1. The lowest BCUT2D eigenvalue weighted by Gasteiger charge is -2.15. The molecule has 0 aliphatic heterocycles. The van der Waals surface area contributed by atoms with E-state index in [2.05, 4.69) is 86.8 Å². The Morgan fingerprint density at radius 1 is 0.421 bits per heavy atom. The second-order valence-electron chi connectivity index (χ2n) is 15.8. The number of hydrogen-bond acceptors (Lipinski definition) is 5. The van der Waals surface area contributed by atoms with Crippen LogP contribution in [-0.4, -0.2) is 36.4 Å². The molecule has 0 rings (SSSR count). The number of rotatable bonds is 43. The number of esters is 2. The normalized spacial score (nSPS) is 12.8. The van der Waals surface area contributed by atoms with Gasteiger partial charge in [-0.2, -0.15) is 0 Å². The van der Waals surface area contributed by atoms with Crippen LogP contribution in [0.4, 0.5) is 0 Å². The highest BCUT2D eigenvalue weighted by molar-refractivity contribution is 5.70. The highest BCUT2D eigenvalue weighted by Crippen LogP contribution is 2.15. The molecule has 0 aromatic heterocycles. The van der Waals surface area contributed by atoms with E-state index in [1.54, 1.807) is 0 Å². The second-order valence-corrected chi connectivity index (χ2v) is 15.8. The first kappa shape index (κ1) is 54.3. The third-order valence-electron chi connectivity index (χ3n) is 10.3. The molecule has 0 spiro atoms. The molecule has 0 saturated heterocycles. The van der Waals surface area contributed by atoms with Gasteiger partial charge in [0.1, 0.15) is 6.61 Å². The SMILES string of the molecule is CC/C=C\C/C=C\C/C=C\C/C=C\C/C=C\C/C=C\CCCCCCC(=O)OC(CO)COC(=O)CCCCCCCCCCCCCCCCCCCCCC. The molecule has 0 saturated carbocycles. The minimum Gasteiger partial charge on any atom is -0.462 e. The molecule has 0 aromatic rings. The molecule has 0 radical (unpaired) electrons. The Balaban J connectivity index is 3.58. The summed E-state index contributed by atoms with van der Waals surface area (Å²) < 4.78 is 10.6. The third-order valence-corrected chi connectivity index (χ3v) is 10.3. The molecule has 0 aromatic carbocycles. The molecule has 328 valence electrons. The summed E-state index contributed by atoms with van der Waals surface area (Å²) in [4.78, 5) is 24.4. The van der Waals surface area contributed by atoms with Crippen molar-refractivity contribution in [3.63, 3.8) is 0 Å². The molecule has 0 aliphatic carbocycles. The van der Waals surface area contributed by atoms with Crippen LogP contribution in [0, 0.1) is 0 Å². The topological polar surface area (TPSA) is 72.8 Å². The van der Waals surface area contributed by atoms with Gasteiger partial charge < -0.3 is 14.6 Å². The Bertz CT molecular complexity index is 1040. The van der Waals surface area contributed by atoms with E-state index >= 15 is 0 Å². The molecular weight excluding hydrogens is 705 g/mol. The fourth-order valence-electron chi connectivity index (χ4n) is 6.68. The Morgan fingerprint density at radius 3 is 1.14 bits per heavy atom. The van der Waals surface area contributed by atoms with Crippen LogP contribution in [0.1, 0.15) is 226 Å². The summed E-state index contributed by atoms with van der Waals surface area (Å²) in [6.45, 7) is 4.02. The van der Waals surface area contributed by atoms with Crippen LogP contribution in [0.2, 0.25) is 0 Å². The van der Waals surface area contributed by atoms with E-state index in [4.69, 9.17) is 9.47 Å². The first-order valence-corrected chi connectivity index (χ1v) is 24.0. The molecule has 0 aliphatic rings. The molecule has 57 heavy (non-hydrogen) atoms. The molecule has 0 bridgehead atoms. The van der Waals surface area contributed by atoms with Crippen LogP contribution in [-0.2, 0) is 19.1 Å². The predicted octanol–water partition coefficient (Wildman–Crippen LogP) is 15.7. The lowest BCUT2D eigenvalue weighted by Crippen LogP contribution is -2.28. The van der Waals surface area contributed by atoms with E-state index in [0.29, 0.717) is 12.8 Å². The van der Waals surface area contributed by atoms with E-state index in [0.717, 1.165) is 89.9 Å². The van der Waals surface area contributed by atoms with Crippen molar-refractivity contribution in [2.75, 3.05) is 13.2 Å². The summed E-state index contributed by atoms with van der Waals surface area (Å²) in [5.74, 6) is -0.616. The van der Waals surface area contributed by atoms with Crippen molar-refractivity contribution in [1.29, 1.82) is 0 Å². The molecule has 1 unspecified atom stereocenters. The van der Waals surface area contributed by atoms with Crippen molar-refractivity contribution in [2.24, 2.45) is 0 Å². The maximum absolute atomic E-state index is 12.2. The fourth-order valence-corrected chi connectivity index (χ4v) is 6.68. The van der Waals surface area contributed by atoms with Gasteiger partial charge in [-0.25, -0.2) is 0 Å². The average Bonchev–Trinajstić information content (AvgIpc) is 3.21. The minimum absolute atomic E-state index is 0.0772. The van der Waals surface area contributed by atoms with E-state index in [-0.39, 0.29) is 25.2 Å². The molecule has 0 amide bonds. The van der Waals surface area contributed by atoms with Gasteiger partial charge in [-0.05, 0) is 64.2 Å². The number of allylic oxidation sites excluding steroid dienone is 12. The zero-order valence-electron chi connectivity index (χ0n) is 37.3. The summed E-state index contributed by atoms with van der Waals surface area (Å²) in [5.41, 5.74) is 0. The Morgan fingerprint density at radius 2 is 0.754 bits per heavy atom. The van der Waals surface area contributed by atoms with Crippen molar-refractivity contribution in [3.05, 3.63) is 72.9 Å². The molecule has 1 N–H and O–H groups in total. The van der Waals surface area contributed by atoms with Crippen LogP contribution in [0.5, 0.6) is 0 Å². The highest BCUT2D eigenvalue weighted by Gasteiger charge is 2.16. The van der Waals surface area contributed by atoms with Gasteiger partial charge in [0.15, 0.2) is 6.10 Å². The lowest BCUT2D eigenvalue weighted by atomic mass is 10.0. The van der Waals surface area contributed by atoms with Crippen LogP contribution < -0.4 is 0 Å². The fraction of sp³-hybridized carbons (Fsp3) is 0.731. The summed E-state index contributed by atoms with van der Waals surface area (Å²) in [6.07, 6.45) is 64.1. The van der Waals surface area contributed by atoms with E-state index in [9.17, 15) is 14.7 Å². The second kappa shape index (κ2) is 47.7. The number of hydrogen-bond donors (Lipinski definition) is 1. The third kappa shape index (κ3) is 45.9. The molecule has 5 heteroatoms. The molecule has 5 nitrogen and oxygen atoms in total. The van der Waals surface area contributed by atoms with Crippen molar-refractivity contribution in [2.45, 2.75) is 232 Å². The minimum atomic E-state index is -0.788. The number of ether oxygens (including phenoxy) is 2. The van der Waals surface area contributed by atoms with Crippen LogP contribution in [0.25, 0.3) is 0 Å². The first-order valence-electron chi connectivity index (χ1n) is 24.0. The van der Waals surface area contributed by atoms with Gasteiger partial charge >= 0.3 is 11.9 Å². The lowest BCUT2D eigenvalue weighted by molar-refractivity contribution is -0.161. The van der Waals surface area contributed by atoms with Gasteiger partial charge in [0.05, 0.1) is 6.61 Å². The summed E-state index contributed by atoms with van der Waals surface area (Å²) in [7, 11) is 0. The summed E-state index contributed by atoms with van der Waals surface area (Å²) >= 11 is 0. The monoisotopic (exact) mass is 795 g/mol. The van der Waals surface area contributed by atoms with Crippen molar-refractivity contribution in [3.8, 4) is 0 Å². The van der Waals surface area contributed by atoms with Gasteiger partial charge in [-0.1, -0.05) is 222 Å². The Labute approximate surface area is 353 Å². The van der Waals surface area contributed by atoms with Gasteiger partial charge in [-0.15, -0.1) is 0 Å². The number of unbranched alkanes of at least 4 members (excludes halogenated alkanes) is 23. The number of aliphatic hydroxyl groups excluding tert-OH is 1. The van der Waals surface area contributed by atoms with Crippen molar-refractivity contribution >= 4 is 11.9 Å². The zero-order valence-corrected chi connectivity index (χ0v) is 37.3. The van der Waals surface area contributed by atoms with Crippen LogP contribution in [0.15, 0.2) is 72.9 Å². The Hall–Kier alpha value is -2.66. The molecule has 0 fully saturated rings. The van der Waals surface area contributed by atoms with Crippen molar-refractivity contribution in [1.82, 2.24) is 0 Å². The standard InChI is InChI=1S/C52H90O5/c1-3-5-7-9-11-13-15-17-19-21-23-25-26-27-29-31-33-35-37-39-41-43-45-47-52(55)57-50(48-53)49-56-51(54)46-44-42-40-38-36-34-32-30-28-24-22-20-18-16-14-12-10-8-6-4-2/h5,7,11,13,17,19,23,25,27,29,33,35,50,53H,3-4,6,8-10,12,14-16,18,20-22,24,26,28,30-32,34,36-49H2,1-2H3/b7-5-,13-11-,19-17-,25-23-,29-27-,35-33-. The molecule has 1 atom stereocenters. The number of carbonyl (C=O) groups excluding carboxylic acids is 2. The number of carbonyl (C=O) groups is 2. The van der Waals surface area contributed by atoms with Gasteiger partial charge in [0.25, 0.3) is 0 Å². The van der Waals surface area contributed by atoms with Gasteiger partial charge in [-0.3, -0.25) is 9.59 Å². The molecule has 0 heterocycles. The van der Waals surface area contributed by atoms with Gasteiger partial charge in [0, 0.05) is 12.8 Å². The summed E-state index contributed by atoms with van der Waals surface area (Å²) in [6, 6.07) is 0. The average molecular weight is 795 g/mol. The van der Waals surface area contributed by atoms with E-state index < -0.39 is 6.10 Å². The smallest absolute Gasteiger partial charge is 0.306 e. The largest absolute Gasteiger partial charge is 0.462 e. The maximum Gasteiger partial charge on any atom is 0.306 e. The summed E-state index contributed by atoms with van der Waals surface area (Å²) in [5, 5.41) is 9.61. The highest BCUT2D eigenvalue weighted by atomic mass is 16.6. The number of aliphatic hydroxyl groups is 1. The van der Waals surface area contributed by atoms with E-state index in [1.165, 1.54) is 109 Å². The van der Waals surface area contributed by atoms with Crippen molar-refractivity contribution < 1.29 is 24.2 Å².